The third kappa shape index (κ3) is 3.16. The van der Waals surface area contributed by atoms with E-state index in [4.69, 9.17) is 0 Å². The van der Waals surface area contributed by atoms with Gasteiger partial charge in [0.1, 0.15) is 0 Å². The molecule has 4 nitrogen and oxygen atoms in total. The molecule has 2 saturated heterocycles. The van der Waals surface area contributed by atoms with Crippen LogP contribution in [0.3, 0.4) is 0 Å². The van der Waals surface area contributed by atoms with E-state index in [-0.39, 0.29) is 5.54 Å². The van der Waals surface area contributed by atoms with Crippen LogP contribution in [0.1, 0.15) is 44.9 Å². The minimum Gasteiger partial charge on any atom is -0.354 e. The predicted molar refractivity (Wildman–Crippen MR) is 95.8 cm³/mol. The molecule has 4 fully saturated rings. The molecule has 2 heterocycles. The lowest BCUT2D eigenvalue weighted by Gasteiger charge is -2.43. The maximum absolute atomic E-state index is 12.7. The third-order valence-corrected chi connectivity index (χ3v) is 7.86. The number of carbonyl (C=O) groups is 1. The smallest absolute Gasteiger partial charge is 0.223 e. The Morgan fingerprint density at radius 1 is 1.13 bits per heavy atom. The van der Waals surface area contributed by atoms with Crippen LogP contribution in [0, 0.1) is 11.3 Å². The zero-order chi connectivity index (χ0) is 15.8. The number of nitrogens with one attached hydrogen (secondary N) is 2. The van der Waals surface area contributed by atoms with Gasteiger partial charge in [-0.05, 0) is 50.6 Å². The van der Waals surface area contributed by atoms with E-state index in [1.165, 1.54) is 63.1 Å². The summed E-state index contributed by atoms with van der Waals surface area (Å²) in [5, 5.41) is 6.81. The highest BCUT2D eigenvalue weighted by molar-refractivity contribution is 7.99. The van der Waals surface area contributed by atoms with Gasteiger partial charge in [-0.1, -0.05) is 12.8 Å². The van der Waals surface area contributed by atoms with Gasteiger partial charge in [-0.2, -0.15) is 11.8 Å². The van der Waals surface area contributed by atoms with Crippen LogP contribution in [0.2, 0.25) is 0 Å². The molecule has 1 unspecified atom stereocenters. The van der Waals surface area contributed by atoms with Crippen LogP contribution in [-0.4, -0.2) is 60.6 Å². The van der Waals surface area contributed by atoms with Gasteiger partial charge in [0.15, 0.2) is 0 Å². The van der Waals surface area contributed by atoms with Gasteiger partial charge in [0.2, 0.25) is 5.91 Å². The minimum atomic E-state index is 0.271. The van der Waals surface area contributed by atoms with Crippen molar-refractivity contribution in [3.05, 3.63) is 0 Å². The molecule has 2 aliphatic heterocycles. The standard InChI is InChI=1S/C18H31N3OS/c22-16(15-13-17(15)5-7-19-8-6-17)20-14-18(3-1-2-4-18)21-9-11-23-12-10-21/h15,19H,1-14H2,(H,20,22). The summed E-state index contributed by atoms with van der Waals surface area (Å²) in [5.41, 5.74) is 0.632. The fourth-order valence-electron chi connectivity index (χ4n) is 5.25. The molecule has 2 saturated carbocycles. The average molecular weight is 338 g/mol. The molecule has 1 amide bonds. The lowest BCUT2D eigenvalue weighted by atomic mass is 9.91. The summed E-state index contributed by atoms with van der Waals surface area (Å²) in [7, 11) is 0. The Balaban J connectivity index is 1.34. The van der Waals surface area contributed by atoms with Crippen molar-refractivity contribution in [3.63, 3.8) is 0 Å². The predicted octanol–water partition coefficient (Wildman–Crippen LogP) is 1.85. The second-order valence-electron chi connectivity index (χ2n) is 8.12. The van der Waals surface area contributed by atoms with Gasteiger partial charge in [-0.25, -0.2) is 0 Å². The first-order valence-electron chi connectivity index (χ1n) is 9.56. The number of amides is 1. The monoisotopic (exact) mass is 337 g/mol. The first-order chi connectivity index (χ1) is 11.2. The number of piperidine rings is 1. The van der Waals surface area contributed by atoms with E-state index in [2.05, 4.69) is 27.3 Å². The molecule has 0 aromatic carbocycles. The van der Waals surface area contributed by atoms with E-state index in [1.54, 1.807) is 0 Å². The van der Waals surface area contributed by atoms with E-state index in [1.807, 2.05) is 0 Å². The number of carbonyl (C=O) groups excluding carboxylic acids is 1. The van der Waals surface area contributed by atoms with Crippen molar-refractivity contribution in [3.8, 4) is 0 Å². The highest BCUT2D eigenvalue weighted by atomic mass is 32.2. The number of nitrogens with zero attached hydrogens (tertiary/aromatic N) is 1. The Kier molecular flexibility index (Phi) is 4.63. The third-order valence-electron chi connectivity index (χ3n) is 6.91. The van der Waals surface area contributed by atoms with Crippen LogP contribution < -0.4 is 10.6 Å². The van der Waals surface area contributed by atoms with E-state index in [9.17, 15) is 4.79 Å². The Labute approximate surface area is 144 Å². The number of rotatable bonds is 4. The molecule has 4 aliphatic rings. The van der Waals surface area contributed by atoms with Crippen molar-refractivity contribution in [1.82, 2.24) is 15.5 Å². The largest absolute Gasteiger partial charge is 0.354 e. The molecule has 0 aromatic heterocycles. The Morgan fingerprint density at radius 2 is 1.83 bits per heavy atom. The zero-order valence-corrected chi connectivity index (χ0v) is 15.1. The lowest BCUT2D eigenvalue weighted by Crippen LogP contribution is -2.56. The average Bonchev–Trinajstić information content (AvgIpc) is 3.08. The summed E-state index contributed by atoms with van der Waals surface area (Å²) < 4.78 is 0. The van der Waals surface area contributed by atoms with Crippen LogP contribution in [-0.2, 0) is 4.79 Å². The summed E-state index contributed by atoms with van der Waals surface area (Å²) in [6.45, 7) is 5.50. The Morgan fingerprint density at radius 3 is 2.52 bits per heavy atom. The second-order valence-corrected chi connectivity index (χ2v) is 9.34. The first kappa shape index (κ1) is 16.2. The molecule has 2 N–H and O–H groups in total. The topological polar surface area (TPSA) is 44.4 Å². The zero-order valence-electron chi connectivity index (χ0n) is 14.2. The summed E-state index contributed by atoms with van der Waals surface area (Å²) >= 11 is 2.08. The normalized spacial score (nSPS) is 32.8. The summed E-state index contributed by atoms with van der Waals surface area (Å²) in [5.74, 6) is 3.17. The molecule has 0 radical (unpaired) electrons. The molecule has 5 heteroatoms. The van der Waals surface area contributed by atoms with E-state index >= 15 is 0 Å². The molecule has 23 heavy (non-hydrogen) atoms. The molecule has 2 aliphatic carbocycles. The van der Waals surface area contributed by atoms with Crippen molar-refractivity contribution >= 4 is 17.7 Å². The number of hydrogen-bond donors (Lipinski definition) is 2. The lowest BCUT2D eigenvalue weighted by molar-refractivity contribution is -0.124. The SMILES string of the molecule is O=C(NCC1(N2CCSCC2)CCCC1)C1CC12CCNCC2. The van der Waals surface area contributed by atoms with Gasteiger partial charge in [0, 0.05) is 42.6 Å². The van der Waals surface area contributed by atoms with Gasteiger partial charge < -0.3 is 10.6 Å². The van der Waals surface area contributed by atoms with Gasteiger partial charge in [0.25, 0.3) is 0 Å². The number of hydrogen-bond acceptors (Lipinski definition) is 4. The fraction of sp³-hybridized carbons (Fsp3) is 0.944. The fourth-order valence-corrected chi connectivity index (χ4v) is 6.15. The maximum Gasteiger partial charge on any atom is 0.223 e. The van der Waals surface area contributed by atoms with Crippen molar-refractivity contribution in [2.45, 2.75) is 50.5 Å². The molecule has 130 valence electrons. The first-order valence-corrected chi connectivity index (χ1v) is 10.7. The van der Waals surface area contributed by atoms with Crippen molar-refractivity contribution in [1.29, 1.82) is 0 Å². The van der Waals surface area contributed by atoms with Crippen molar-refractivity contribution in [2.75, 3.05) is 44.2 Å². The highest BCUT2D eigenvalue weighted by Gasteiger charge is 2.57. The van der Waals surface area contributed by atoms with Gasteiger partial charge in [0.05, 0.1) is 0 Å². The van der Waals surface area contributed by atoms with Gasteiger partial charge >= 0.3 is 0 Å². The minimum absolute atomic E-state index is 0.271. The molecule has 0 aromatic rings. The number of thioether (sulfide) groups is 1. The Hall–Kier alpha value is -0.260. The molecule has 4 rings (SSSR count). The van der Waals surface area contributed by atoms with Crippen LogP contribution in [0.4, 0.5) is 0 Å². The van der Waals surface area contributed by atoms with Crippen LogP contribution in [0.5, 0.6) is 0 Å². The summed E-state index contributed by atoms with van der Waals surface area (Å²) in [4.78, 5) is 15.4. The van der Waals surface area contributed by atoms with Gasteiger partial charge in [-0.3, -0.25) is 9.69 Å². The van der Waals surface area contributed by atoms with E-state index in [0.717, 1.165) is 26.1 Å². The second kappa shape index (κ2) is 6.57. The van der Waals surface area contributed by atoms with Crippen LogP contribution >= 0.6 is 11.8 Å². The quantitative estimate of drug-likeness (QED) is 0.822. The maximum atomic E-state index is 12.7. The summed E-state index contributed by atoms with van der Waals surface area (Å²) in [6, 6.07) is 0. The van der Waals surface area contributed by atoms with Crippen molar-refractivity contribution in [2.24, 2.45) is 11.3 Å². The highest BCUT2D eigenvalue weighted by Crippen LogP contribution is 2.58. The molecule has 1 spiro atoms. The molecular formula is C18H31N3OS. The summed E-state index contributed by atoms with van der Waals surface area (Å²) in [6.07, 6.45) is 8.74. The van der Waals surface area contributed by atoms with Crippen molar-refractivity contribution < 1.29 is 4.79 Å². The van der Waals surface area contributed by atoms with Crippen LogP contribution in [0.15, 0.2) is 0 Å². The molecule has 1 atom stereocenters. The van der Waals surface area contributed by atoms with Crippen LogP contribution in [0.25, 0.3) is 0 Å². The van der Waals surface area contributed by atoms with E-state index in [0.29, 0.717) is 17.2 Å². The van der Waals surface area contributed by atoms with E-state index < -0.39 is 0 Å². The van der Waals surface area contributed by atoms with Gasteiger partial charge in [-0.15, -0.1) is 0 Å². The molecule has 0 bridgehead atoms. The Bertz CT molecular complexity index is 438. The molecular weight excluding hydrogens is 306 g/mol.